The highest BCUT2D eigenvalue weighted by atomic mass is 16.3. The summed E-state index contributed by atoms with van der Waals surface area (Å²) in [5.41, 5.74) is 28.4. The number of aryl methyl sites for hydroxylation is 18. The van der Waals surface area contributed by atoms with E-state index in [0.29, 0.717) is 5.41 Å². The van der Waals surface area contributed by atoms with Crippen molar-refractivity contribution in [2.75, 3.05) is 0 Å². The minimum Gasteiger partial charge on any atom is -0.392 e. The fraction of sp³-hybridized carbons (Fsp3) is 0.454. The highest BCUT2D eigenvalue weighted by Crippen LogP contribution is 2.29. The minimum absolute atomic E-state index is 0.0793. The lowest BCUT2D eigenvalue weighted by Crippen LogP contribution is -2.09. The molecule has 3 aliphatic carbocycles. The molecular formula is C119H174O2. The summed E-state index contributed by atoms with van der Waals surface area (Å²) in [6.45, 7) is 66.7. The van der Waals surface area contributed by atoms with Gasteiger partial charge in [0.25, 0.3) is 0 Å². The number of fused-ring (bicyclic) bond motifs is 1. The molecule has 3 aliphatic rings. The number of carbonyl (C=O) groups excluding carboxylic acids is 1. The van der Waals surface area contributed by atoms with E-state index < -0.39 is 0 Å². The third-order valence-electron chi connectivity index (χ3n) is 22.1. The molecule has 2 nitrogen and oxygen atoms in total. The second kappa shape index (κ2) is 66.9. The second-order valence-electron chi connectivity index (χ2n) is 35.4. The van der Waals surface area contributed by atoms with E-state index in [1.807, 2.05) is 120 Å². The molecule has 11 aromatic rings. The Bertz CT molecular complexity index is 4130. The normalized spacial score (nSPS) is 12.4. The van der Waals surface area contributed by atoms with Crippen LogP contribution in [0, 0.1) is 161 Å². The first-order chi connectivity index (χ1) is 57.5. The topological polar surface area (TPSA) is 37.3 Å². The van der Waals surface area contributed by atoms with E-state index in [1.54, 1.807) is 0 Å². The summed E-state index contributed by atoms with van der Waals surface area (Å²) in [5, 5.41) is 11.4. The number of carbonyl (C=O) groups is 1. The number of aliphatic hydroxyl groups excluding tert-OH is 1. The summed E-state index contributed by atoms with van der Waals surface area (Å²) in [4.78, 5) is 12.0. The van der Waals surface area contributed by atoms with Gasteiger partial charge in [-0.15, -0.1) is 0 Å². The van der Waals surface area contributed by atoms with Crippen molar-refractivity contribution in [1.29, 1.82) is 0 Å². The average Bonchev–Trinajstić information content (AvgIpc) is 1.26. The van der Waals surface area contributed by atoms with Crippen molar-refractivity contribution in [3.05, 3.63) is 365 Å². The maximum atomic E-state index is 12.0. The van der Waals surface area contributed by atoms with Crippen LogP contribution in [0.3, 0.4) is 0 Å². The van der Waals surface area contributed by atoms with Crippen LogP contribution in [0.5, 0.6) is 0 Å². The quantitative estimate of drug-likeness (QED) is 0.162. The van der Waals surface area contributed by atoms with E-state index >= 15 is 0 Å². The Kier molecular flexibility index (Phi) is 62.1. The Morgan fingerprint density at radius 2 is 0.636 bits per heavy atom. The molecule has 0 amide bonds. The summed E-state index contributed by atoms with van der Waals surface area (Å²) in [6.07, 6.45) is 25.0. The fourth-order valence-corrected chi connectivity index (χ4v) is 14.1. The smallest absolute Gasteiger partial charge is 0.193 e. The van der Waals surface area contributed by atoms with E-state index in [4.69, 9.17) is 5.11 Å². The van der Waals surface area contributed by atoms with E-state index in [0.717, 1.165) is 45.9 Å². The van der Waals surface area contributed by atoms with Gasteiger partial charge in [0.2, 0.25) is 0 Å². The molecule has 1 N–H and O–H groups in total. The maximum Gasteiger partial charge on any atom is 0.193 e. The molecule has 0 saturated heterocycles. The molecule has 662 valence electrons. The van der Waals surface area contributed by atoms with Crippen LogP contribution in [0.4, 0.5) is 0 Å². The van der Waals surface area contributed by atoms with Crippen LogP contribution in [0.1, 0.15) is 319 Å². The molecule has 0 bridgehead atoms. The van der Waals surface area contributed by atoms with Crippen molar-refractivity contribution in [3.63, 3.8) is 0 Å². The van der Waals surface area contributed by atoms with Gasteiger partial charge >= 0.3 is 0 Å². The molecule has 121 heavy (non-hydrogen) atoms. The SMILES string of the molecule is CC.CC.CC1CCCC1.CCC(C)CC(C)(C)C.CCC1CCCC1.CCC1CCCCC1.Cc1cc(C)c(C)c(C)c1.Cc1cc(C)cc(C)c1.Cc1ccc(C(=O)c2ccccc2)cc1.Cc1ccc(C)c(C)c1.Cc1ccc(C)cc1.Cc1ccc(C)cc1.Cc1ccc(C)cc1.Cc1ccc2ccccc2c1.Cc1ccccc1CO. The molecule has 1 atom stereocenters. The molecule has 0 aromatic heterocycles. The van der Waals surface area contributed by atoms with Crippen LogP contribution in [0.2, 0.25) is 0 Å². The molecule has 2 heteroatoms. The molecule has 3 fully saturated rings. The number of ketones is 1. The zero-order valence-corrected chi connectivity index (χ0v) is 83.0. The van der Waals surface area contributed by atoms with Gasteiger partial charge in [0, 0.05) is 11.1 Å². The Morgan fingerprint density at radius 3 is 0.959 bits per heavy atom. The lowest BCUT2D eigenvalue weighted by Gasteiger charge is -2.21. The van der Waals surface area contributed by atoms with E-state index in [2.05, 4.69) is 337 Å². The van der Waals surface area contributed by atoms with Crippen LogP contribution < -0.4 is 0 Å². The van der Waals surface area contributed by atoms with E-state index in [9.17, 15) is 4.79 Å². The lowest BCUT2D eigenvalue weighted by atomic mass is 9.84. The minimum atomic E-state index is 0.0793. The molecule has 0 heterocycles. The molecule has 1 unspecified atom stereocenters. The molecule has 3 saturated carbocycles. The Labute approximate surface area is 746 Å². The number of rotatable bonds is 7. The van der Waals surface area contributed by atoms with Gasteiger partial charge in [0.05, 0.1) is 6.61 Å². The third kappa shape index (κ3) is 55.9. The summed E-state index contributed by atoms with van der Waals surface area (Å²) in [5.74, 6) is 4.20. The van der Waals surface area contributed by atoms with E-state index in [1.165, 1.54) is 220 Å². The van der Waals surface area contributed by atoms with Crippen LogP contribution in [-0.4, -0.2) is 10.9 Å². The van der Waals surface area contributed by atoms with Crippen LogP contribution in [-0.2, 0) is 6.61 Å². The Morgan fingerprint density at radius 1 is 0.322 bits per heavy atom. The first kappa shape index (κ1) is 112. The van der Waals surface area contributed by atoms with Gasteiger partial charge < -0.3 is 5.11 Å². The highest BCUT2D eigenvalue weighted by Gasteiger charge is 2.14. The first-order valence-electron chi connectivity index (χ1n) is 46.5. The van der Waals surface area contributed by atoms with Crippen molar-refractivity contribution in [2.24, 2.45) is 29.1 Å². The number of hydrogen-bond acceptors (Lipinski definition) is 2. The Balaban J connectivity index is 0.00000129. The van der Waals surface area contributed by atoms with E-state index in [-0.39, 0.29) is 12.4 Å². The number of aliphatic hydroxyl groups is 1. The van der Waals surface area contributed by atoms with Gasteiger partial charge in [-0.05, 0) is 217 Å². The fourth-order valence-electron chi connectivity index (χ4n) is 14.1. The van der Waals surface area contributed by atoms with Crippen molar-refractivity contribution in [3.8, 4) is 0 Å². The van der Waals surface area contributed by atoms with Gasteiger partial charge in [-0.25, -0.2) is 0 Å². The summed E-state index contributed by atoms with van der Waals surface area (Å²) < 4.78 is 0. The van der Waals surface area contributed by atoms with Crippen LogP contribution in [0.25, 0.3) is 10.8 Å². The molecule has 0 radical (unpaired) electrons. The van der Waals surface area contributed by atoms with Gasteiger partial charge in [-0.3, -0.25) is 4.79 Å². The Hall–Kier alpha value is -8.69. The zero-order valence-electron chi connectivity index (χ0n) is 83.0. The van der Waals surface area contributed by atoms with Crippen molar-refractivity contribution in [2.45, 2.75) is 330 Å². The van der Waals surface area contributed by atoms with Gasteiger partial charge in [-0.2, -0.15) is 0 Å². The monoisotopic (exact) mass is 1640 g/mol. The van der Waals surface area contributed by atoms with Crippen molar-refractivity contribution < 1.29 is 9.90 Å². The maximum absolute atomic E-state index is 12.0. The molecule has 11 aromatic carbocycles. The zero-order chi connectivity index (χ0) is 91.3. The predicted molar refractivity (Wildman–Crippen MR) is 544 cm³/mol. The highest BCUT2D eigenvalue weighted by molar-refractivity contribution is 6.09. The molecule has 0 aliphatic heterocycles. The van der Waals surface area contributed by atoms with Gasteiger partial charge in [0.1, 0.15) is 0 Å². The van der Waals surface area contributed by atoms with Crippen LogP contribution >= 0.6 is 0 Å². The predicted octanol–water partition coefficient (Wildman–Crippen LogP) is 36.2. The van der Waals surface area contributed by atoms with Gasteiger partial charge in [0.15, 0.2) is 5.78 Å². The third-order valence-corrected chi connectivity index (χ3v) is 22.1. The lowest BCUT2D eigenvalue weighted by molar-refractivity contribution is 0.103. The van der Waals surface area contributed by atoms with Gasteiger partial charge in [-0.1, -0.05) is 501 Å². The second-order valence-corrected chi connectivity index (χ2v) is 35.4. The standard InChI is InChI=1S/C14H12O.C11H10.C10H14.2C9H12.C9H20.C8H10O.3C8H10.C8H16.C7H14.C6H12.2C2H6/c1-11-7-9-13(10-8-11)14(15)12-5-3-2-4-6-12;1-9-6-7-10-4-2-3-5-11(10)8-9;1-7-5-8(2)10(4)9(3)6-7;1-7-4-8(2)6-9(3)5-7;1-7-4-5-8(2)9(3)6-7;1-6-8(2)7-9(3,4)5;1-7-4-2-3-5-8(7)6-9;3*1-7-3-5-8(2)6-4-7;1-2-8-6-4-3-5-7-8;1-2-7-5-3-4-6-7;1-6-4-2-3-5-6;2*1-2/h2-10H,1H3;2-8H,1H3;5-6H,1-4H3;2*4-6H,1-3H3;8H,6-7H2,1-5H3;2-5,9H,6H2,1H3;3*3-6H,1-2H3;8H,2-7H2,1H3;7H,2-6H2,1H3;6H,2-5H2,1H3;2*1-2H3. The molecule has 14 rings (SSSR count). The molecular weight excluding hydrogens is 1460 g/mol. The summed E-state index contributed by atoms with van der Waals surface area (Å²) in [7, 11) is 0. The van der Waals surface area contributed by atoms with Crippen LogP contribution in [0.15, 0.2) is 243 Å². The number of benzene rings is 11. The summed E-state index contributed by atoms with van der Waals surface area (Å²) >= 11 is 0. The first-order valence-corrected chi connectivity index (χ1v) is 46.5. The average molecular weight is 1640 g/mol. The van der Waals surface area contributed by atoms with Crippen molar-refractivity contribution >= 4 is 16.6 Å². The molecule has 0 spiro atoms. The van der Waals surface area contributed by atoms with Crippen molar-refractivity contribution in [1.82, 2.24) is 0 Å². The number of hydrogen-bond donors (Lipinski definition) is 1. The largest absolute Gasteiger partial charge is 0.392 e. The summed E-state index contributed by atoms with van der Waals surface area (Å²) in [6, 6.07) is 82.7.